The number of piperidine rings is 1. The zero-order chi connectivity index (χ0) is 19.6. The largest absolute Gasteiger partial charge is 0.348 e. The third kappa shape index (κ3) is 4.68. The molecule has 1 aromatic heterocycles. The first-order valence-corrected chi connectivity index (χ1v) is 9.77. The minimum Gasteiger partial charge on any atom is -0.348 e. The first kappa shape index (κ1) is 19.8. The van der Waals surface area contributed by atoms with Gasteiger partial charge in [0.15, 0.2) is 0 Å². The molecule has 2 heterocycles. The van der Waals surface area contributed by atoms with Crippen molar-refractivity contribution in [3.8, 4) is 5.69 Å². The van der Waals surface area contributed by atoms with Crippen molar-refractivity contribution in [1.29, 1.82) is 0 Å². The summed E-state index contributed by atoms with van der Waals surface area (Å²) in [5, 5.41) is 7.62. The van der Waals surface area contributed by atoms with E-state index in [0.717, 1.165) is 19.6 Å². The molecule has 0 bridgehead atoms. The molecule has 1 fully saturated rings. The van der Waals surface area contributed by atoms with Gasteiger partial charge in [0.05, 0.1) is 16.9 Å². The monoisotopic (exact) mass is 392 g/mol. The van der Waals surface area contributed by atoms with Crippen LogP contribution in [0.15, 0.2) is 24.3 Å². The fourth-order valence-corrected chi connectivity index (χ4v) is 4.05. The predicted molar refractivity (Wildman–Crippen MR) is 105 cm³/mol. The van der Waals surface area contributed by atoms with Crippen LogP contribution >= 0.6 is 11.6 Å². The molecule has 146 valence electrons. The third-order valence-corrected chi connectivity index (χ3v) is 5.30. The van der Waals surface area contributed by atoms with Crippen LogP contribution in [0.2, 0.25) is 5.15 Å². The van der Waals surface area contributed by atoms with Crippen molar-refractivity contribution in [3.05, 3.63) is 46.5 Å². The summed E-state index contributed by atoms with van der Waals surface area (Å²) in [7, 11) is 0. The van der Waals surface area contributed by atoms with Crippen LogP contribution in [0.4, 0.5) is 4.39 Å². The van der Waals surface area contributed by atoms with Crippen LogP contribution < -0.4 is 5.32 Å². The second-order valence-corrected chi connectivity index (χ2v) is 7.88. The van der Waals surface area contributed by atoms with Gasteiger partial charge < -0.3 is 10.2 Å². The SMILES string of the molecule is Cc1nn(-c2ccc(F)cc2)c(Cl)c1C(=O)N[C@H](C)CN1CCC[C@@H](C)C1. The van der Waals surface area contributed by atoms with Crippen LogP contribution in [-0.2, 0) is 0 Å². The number of halogens is 2. The van der Waals surface area contributed by atoms with Crippen LogP contribution in [0.1, 0.15) is 42.7 Å². The van der Waals surface area contributed by atoms with E-state index in [2.05, 4.69) is 22.2 Å². The third-order valence-electron chi connectivity index (χ3n) is 4.95. The topological polar surface area (TPSA) is 50.2 Å². The van der Waals surface area contributed by atoms with E-state index in [1.807, 2.05) is 6.92 Å². The van der Waals surface area contributed by atoms with Gasteiger partial charge >= 0.3 is 0 Å². The van der Waals surface area contributed by atoms with Crippen LogP contribution in [0.25, 0.3) is 5.69 Å². The maximum absolute atomic E-state index is 13.1. The fourth-order valence-electron chi connectivity index (χ4n) is 3.69. The van der Waals surface area contributed by atoms with E-state index in [4.69, 9.17) is 11.6 Å². The van der Waals surface area contributed by atoms with Gasteiger partial charge in [-0.3, -0.25) is 4.79 Å². The molecule has 0 radical (unpaired) electrons. The Labute approximate surface area is 164 Å². The smallest absolute Gasteiger partial charge is 0.256 e. The molecule has 0 aliphatic carbocycles. The fraction of sp³-hybridized carbons (Fsp3) is 0.500. The van der Waals surface area contributed by atoms with Gasteiger partial charge in [-0.05, 0) is 63.4 Å². The Hall–Kier alpha value is -1.92. The van der Waals surface area contributed by atoms with E-state index in [9.17, 15) is 9.18 Å². The average molecular weight is 393 g/mol. The Balaban J connectivity index is 1.70. The van der Waals surface area contributed by atoms with Gasteiger partial charge in [-0.2, -0.15) is 5.10 Å². The molecule has 0 spiro atoms. The highest BCUT2D eigenvalue weighted by Gasteiger charge is 2.24. The number of hydrogen-bond acceptors (Lipinski definition) is 3. The number of aryl methyl sites for hydroxylation is 1. The van der Waals surface area contributed by atoms with Gasteiger partial charge in [0.2, 0.25) is 0 Å². The van der Waals surface area contributed by atoms with Gasteiger partial charge in [0, 0.05) is 19.1 Å². The summed E-state index contributed by atoms with van der Waals surface area (Å²) in [5.74, 6) is 0.133. The number of nitrogens with zero attached hydrogens (tertiary/aromatic N) is 3. The average Bonchev–Trinajstić information content (AvgIpc) is 2.90. The number of aromatic nitrogens is 2. The van der Waals surface area contributed by atoms with E-state index >= 15 is 0 Å². The van der Waals surface area contributed by atoms with Crippen LogP contribution in [-0.4, -0.2) is 46.3 Å². The van der Waals surface area contributed by atoms with Crippen LogP contribution in [0.3, 0.4) is 0 Å². The quantitative estimate of drug-likeness (QED) is 0.841. The number of nitrogens with one attached hydrogen (secondary N) is 1. The molecule has 5 nitrogen and oxygen atoms in total. The minimum absolute atomic E-state index is 0.00689. The first-order chi connectivity index (χ1) is 12.8. The molecule has 1 saturated heterocycles. The minimum atomic E-state index is -0.336. The number of hydrogen-bond donors (Lipinski definition) is 1. The second-order valence-electron chi connectivity index (χ2n) is 7.52. The molecule has 1 amide bonds. The molecule has 1 aromatic carbocycles. The second kappa shape index (κ2) is 8.40. The molecule has 3 rings (SSSR count). The van der Waals surface area contributed by atoms with E-state index in [1.165, 1.54) is 29.7 Å². The molecular weight excluding hydrogens is 367 g/mol. The lowest BCUT2D eigenvalue weighted by Crippen LogP contribution is -2.45. The molecule has 2 aromatic rings. The Kier molecular flexibility index (Phi) is 6.17. The van der Waals surface area contributed by atoms with E-state index in [0.29, 0.717) is 22.9 Å². The zero-order valence-corrected chi connectivity index (χ0v) is 16.8. The van der Waals surface area contributed by atoms with Crippen LogP contribution in [0.5, 0.6) is 0 Å². The van der Waals surface area contributed by atoms with Crippen molar-refractivity contribution in [1.82, 2.24) is 20.0 Å². The molecule has 0 unspecified atom stereocenters. The van der Waals surface area contributed by atoms with Gasteiger partial charge in [0.25, 0.3) is 5.91 Å². The van der Waals surface area contributed by atoms with Crippen molar-refractivity contribution in [2.75, 3.05) is 19.6 Å². The van der Waals surface area contributed by atoms with Crippen molar-refractivity contribution in [2.45, 2.75) is 39.7 Å². The summed E-state index contributed by atoms with van der Waals surface area (Å²) in [6.45, 7) is 8.99. The molecular formula is C20H26ClFN4O. The highest BCUT2D eigenvalue weighted by Crippen LogP contribution is 2.24. The van der Waals surface area contributed by atoms with Crippen molar-refractivity contribution < 1.29 is 9.18 Å². The molecule has 1 N–H and O–H groups in total. The van der Waals surface area contributed by atoms with Gasteiger partial charge in [0.1, 0.15) is 11.0 Å². The maximum Gasteiger partial charge on any atom is 0.256 e. The van der Waals surface area contributed by atoms with Crippen molar-refractivity contribution in [3.63, 3.8) is 0 Å². The standard InChI is InChI=1S/C20H26ClFN4O/c1-13-5-4-10-25(11-13)12-14(2)23-20(27)18-15(3)24-26(19(18)21)17-8-6-16(22)7-9-17/h6-9,13-14H,4-5,10-12H2,1-3H3,(H,23,27)/t13-,14-/m1/s1. The summed E-state index contributed by atoms with van der Waals surface area (Å²) in [6.07, 6.45) is 2.48. The Bertz CT molecular complexity index is 805. The number of carbonyl (C=O) groups is 1. The van der Waals surface area contributed by atoms with Gasteiger partial charge in [-0.1, -0.05) is 18.5 Å². The van der Waals surface area contributed by atoms with E-state index in [-0.39, 0.29) is 22.9 Å². The van der Waals surface area contributed by atoms with E-state index in [1.54, 1.807) is 19.1 Å². The summed E-state index contributed by atoms with van der Waals surface area (Å²) in [5.41, 5.74) is 1.51. The van der Waals surface area contributed by atoms with Crippen molar-refractivity contribution >= 4 is 17.5 Å². The molecule has 7 heteroatoms. The molecule has 0 saturated carbocycles. The number of rotatable bonds is 5. The number of amides is 1. The highest BCUT2D eigenvalue weighted by atomic mass is 35.5. The van der Waals surface area contributed by atoms with Gasteiger partial charge in [-0.25, -0.2) is 9.07 Å². The maximum atomic E-state index is 13.1. The Morgan fingerprint density at radius 2 is 2.11 bits per heavy atom. The van der Waals surface area contributed by atoms with E-state index < -0.39 is 0 Å². The first-order valence-electron chi connectivity index (χ1n) is 9.39. The van der Waals surface area contributed by atoms with Gasteiger partial charge in [-0.15, -0.1) is 0 Å². The zero-order valence-electron chi connectivity index (χ0n) is 16.0. The van der Waals surface area contributed by atoms with Crippen molar-refractivity contribution in [2.24, 2.45) is 5.92 Å². The summed E-state index contributed by atoms with van der Waals surface area (Å²) < 4.78 is 14.6. The normalized spacial score (nSPS) is 19.1. The summed E-state index contributed by atoms with van der Waals surface area (Å²) in [6, 6.07) is 5.84. The molecule has 1 aliphatic heterocycles. The highest BCUT2D eigenvalue weighted by molar-refractivity contribution is 6.33. The lowest BCUT2D eigenvalue weighted by molar-refractivity contribution is 0.0919. The molecule has 1 aliphatic rings. The summed E-state index contributed by atoms with van der Waals surface area (Å²) >= 11 is 6.43. The molecule has 27 heavy (non-hydrogen) atoms. The Morgan fingerprint density at radius 3 is 2.78 bits per heavy atom. The predicted octanol–water partition coefficient (Wildman–Crippen LogP) is 3.82. The number of likely N-dealkylation sites (tertiary alicyclic amines) is 1. The summed E-state index contributed by atoms with van der Waals surface area (Å²) in [4.78, 5) is 15.2. The Morgan fingerprint density at radius 1 is 1.41 bits per heavy atom. The number of carbonyl (C=O) groups excluding carboxylic acids is 1. The lowest BCUT2D eigenvalue weighted by atomic mass is 10.00. The van der Waals surface area contributed by atoms with Crippen LogP contribution in [0, 0.1) is 18.7 Å². The molecule has 2 atom stereocenters. The lowest BCUT2D eigenvalue weighted by Gasteiger charge is -2.32. The number of benzene rings is 1.